The predicted octanol–water partition coefficient (Wildman–Crippen LogP) is 5.08. The molecule has 2 amide bonds. The SMILES string of the molecule is CC(C)C1CCCCN1CCCNC(=O)c1ccc2c(c1)C(=O)N(Cc1cccc(I)c1)C2. The molecule has 1 atom stereocenters. The monoisotopic (exact) mass is 559 g/mol. The third kappa shape index (κ3) is 5.96. The fourth-order valence-corrected chi connectivity index (χ4v) is 5.73. The zero-order valence-corrected chi connectivity index (χ0v) is 21.8. The lowest BCUT2D eigenvalue weighted by Crippen LogP contribution is -2.43. The molecule has 1 unspecified atom stereocenters. The van der Waals surface area contributed by atoms with Gasteiger partial charge in [-0.15, -0.1) is 0 Å². The number of carbonyl (C=O) groups excluding carboxylic acids is 2. The number of nitrogens with zero attached hydrogens (tertiary/aromatic N) is 2. The average molecular weight is 559 g/mol. The van der Waals surface area contributed by atoms with Crippen LogP contribution in [0.25, 0.3) is 0 Å². The summed E-state index contributed by atoms with van der Waals surface area (Å²) in [5.74, 6) is 0.581. The van der Waals surface area contributed by atoms with Crippen LogP contribution in [0.2, 0.25) is 0 Å². The highest BCUT2D eigenvalue weighted by atomic mass is 127. The highest BCUT2D eigenvalue weighted by Crippen LogP contribution is 2.26. The molecule has 4 rings (SSSR count). The van der Waals surface area contributed by atoms with Crippen LogP contribution in [-0.2, 0) is 13.1 Å². The van der Waals surface area contributed by atoms with E-state index in [0.29, 0.717) is 42.7 Å². The molecular weight excluding hydrogens is 525 g/mol. The van der Waals surface area contributed by atoms with Gasteiger partial charge in [-0.2, -0.15) is 0 Å². The van der Waals surface area contributed by atoms with Gasteiger partial charge in [-0.3, -0.25) is 9.59 Å². The van der Waals surface area contributed by atoms with Gasteiger partial charge in [0.2, 0.25) is 0 Å². The number of piperidine rings is 1. The van der Waals surface area contributed by atoms with E-state index in [-0.39, 0.29) is 11.8 Å². The molecule has 2 aliphatic rings. The van der Waals surface area contributed by atoms with Gasteiger partial charge < -0.3 is 15.1 Å². The topological polar surface area (TPSA) is 52.7 Å². The van der Waals surface area contributed by atoms with Crippen molar-refractivity contribution in [3.63, 3.8) is 0 Å². The maximum Gasteiger partial charge on any atom is 0.254 e. The average Bonchev–Trinajstić information content (AvgIpc) is 3.11. The summed E-state index contributed by atoms with van der Waals surface area (Å²) in [6.45, 7) is 8.64. The highest BCUT2D eigenvalue weighted by Gasteiger charge is 2.28. The van der Waals surface area contributed by atoms with Crippen molar-refractivity contribution in [2.24, 2.45) is 5.92 Å². The predicted molar refractivity (Wildman–Crippen MR) is 140 cm³/mol. The molecule has 0 saturated carbocycles. The Morgan fingerprint density at radius 2 is 2.03 bits per heavy atom. The van der Waals surface area contributed by atoms with E-state index in [9.17, 15) is 9.59 Å². The van der Waals surface area contributed by atoms with Gasteiger partial charge in [-0.05, 0) is 89.7 Å². The van der Waals surface area contributed by atoms with Crippen molar-refractivity contribution < 1.29 is 9.59 Å². The van der Waals surface area contributed by atoms with E-state index in [1.165, 1.54) is 25.8 Å². The number of benzene rings is 2. The van der Waals surface area contributed by atoms with Crippen LogP contribution in [0.15, 0.2) is 42.5 Å². The summed E-state index contributed by atoms with van der Waals surface area (Å²) < 4.78 is 1.16. The highest BCUT2D eigenvalue weighted by molar-refractivity contribution is 14.1. The molecule has 33 heavy (non-hydrogen) atoms. The van der Waals surface area contributed by atoms with Crippen LogP contribution < -0.4 is 5.32 Å². The van der Waals surface area contributed by atoms with E-state index >= 15 is 0 Å². The second-order valence-corrected chi connectivity index (χ2v) is 10.9. The Bertz CT molecular complexity index is 1010. The van der Waals surface area contributed by atoms with E-state index in [4.69, 9.17) is 0 Å². The van der Waals surface area contributed by atoms with Gasteiger partial charge in [0.1, 0.15) is 0 Å². The molecule has 0 aromatic heterocycles. The van der Waals surface area contributed by atoms with Crippen molar-refractivity contribution >= 4 is 34.4 Å². The number of hydrogen-bond donors (Lipinski definition) is 1. The van der Waals surface area contributed by atoms with Gasteiger partial charge in [0, 0.05) is 46.9 Å². The Kier molecular flexibility index (Phi) is 8.07. The number of halogens is 1. The van der Waals surface area contributed by atoms with Crippen molar-refractivity contribution in [1.82, 2.24) is 15.1 Å². The van der Waals surface area contributed by atoms with Crippen LogP contribution in [0, 0.1) is 9.49 Å². The quantitative estimate of drug-likeness (QED) is 0.363. The Morgan fingerprint density at radius 1 is 1.18 bits per heavy atom. The lowest BCUT2D eigenvalue weighted by molar-refractivity contribution is 0.0766. The summed E-state index contributed by atoms with van der Waals surface area (Å²) in [5, 5.41) is 3.05. The largest absolute Gasteiger partial charge is 0.352 e. The smallest absolute Gasteiger partial charge is 0.254 e. The third-order valence-corrected chi connectivity index (χ3v) is 7.53. The Hall–Kier alpha value is -1.93. The number of nitrogens with one attached hydrogen (secondary N) is 1. The maximum absolute atomic E-state index is 13.0. The van der Waals surface area contributed by atoms with E-state index in [2.05, 4.69) is 52.7 Å². The molecule has 0 radical (unpaired) electrons. The van der Waals surface area contributed by atoms with Crippen LogP contribution in [0.4, 0.5) is 0 Å². The number of likely N-dealkylation sites (tertiary alicyclic amines) is 1. The molecule has 0 aliphatic carbocycles. The summed E-state index contributed by atoms with van der Waals surface area (Å²) in [5.41, 5.74) is 3.33. The minimum Gasteiger partial charge on any atom is -0.352 e. The van der Waals surface area contributed by atoms with Crippen LogP contribution in [-0.4, -0.2) is 47.3 Å². The first kappa shape index (κ1) is 24.2. The molecule has 2 aromatic carbocycles. The lowest BCUT2D eigenvalue weighted by atomic mass is 9.92. The molecule has 0 spiro atoms. The fourth-order valence-electron chi connectivity index (χ4n) is 5.12. The second-order valence-electron chi connectivity index (χ2n) is 9.62. The number of carbonyl (C=O) groups is 2. The van der Waals surface area contributed by atoms with Crippen molar-refractivity contribution in [2.45, 2.75) is 58.7 Å². The van der Waals surface area contributed by atoms with Crippen molar-refractivity contribution in [1.29, 1.82) is 0 Å². The van der Waals surface area contributed by atoms with E-state index in [0.717, 1.165) is 27.7 Å². The Morgan fingerprint density at radius 3 is 2.82 bits per heavy atom. The molecule has 2 heterocycles. The normalized spacial score (nSPS) is 18.6. The zero-order valence-electron chi connectivity index (χ0n) is 19.6. The van der Waals surface area contributed by atoms with Crippen molar-refractivity contribution in [3.8, 4) is 0 Å². The van der Waals surface area contributed by atoms with Crippen LogP contribution in [0.5, 0.6) is 0 Å². The van der Waals surface area contributed by atoms with Gasteiger partial charge in [0.15, 0.2) is 0 Å². The summed E-state index contributed by atoms with van der Waals surface area (Å²) >= 11 is 2.29. The molecule has 2 aliphatic heterocycles. The number of rotatable bonds is 8. The van der Waals surface area contributed by atoms with Gasteiger partial charge in [0.05, 0.1) is 0 Å². The van der Waals surface area contributed by atoms with Gasteiger partial charge >= 0.3 is 0 Å². The summed E-state index contributed by atoms with van der Waals surface area (Å²) in [7, 11) is 0. The summed E-state index contributed by atoms with van der Waals surface area (Å²) in [6, 6.07) is 14.4. The van der Waals surface area contributed by atoms with E-state index < -0.39 is 0 Å². The number of hydrogen-bond acceptors (Lipinski definition) is 3. The Balaban J connectivity index is 1.30. The Labute approximate surface area is 211 Å². The molecule has 1 N–H and O–H groups in total. The van der Waals surface area contributed by atoms with E-state index in [1.807, 2.05) is 35.2 Å². The molecule has 1 saturated heterocycles. The number of amides is 2. The zero-order chi connectivity index (χ0) is 23.4. The van der Waals surface area contributed by atoms with Crippen molar-refractivity contribution in [2.75, 3.05) is 19.6 Å². The molecule has 1 fully saturated rings. The number of fused-ring (bicyclic) bond motifs is 1. The first-order chi connectivity index (χ1) is 15.9. The molecule has 2 aromatic rings. The molecular formula is C27H34IN3O2. The lowest BCUT2D eigenvalue weighted by Gasteiger charge is -2.38. The molecule has 0 bridgehead atoms. The van der Waals surface area contributed by atoms with Crippen LogP contribution in [0.3, 0.4) is 0 Å². The summed E-state index contributed by atoms with van der Waals surface area (Å²) in [6.07, 6.45) is 4.84. The first-order valence-electron chi connectivity index (χ1n) is 12.1. The minimum atomic E-state index is -0.0966. The maximum atomic E-state index is 13.0. The molecule has 5 nitrogen and oxygen atoms in total. The van der Waals surface area contributed by atoms with Crippen molar-refractivity contribution in [3.05, 3.63) is 68.3 Å². The van der Waals surface area contributed by atoms with Crippen LogP contribution in [0.1, 0.15) is 71.4 Å². The fraction of sp³-hybridized carbons (Fsp3) is 0.481. The van der Waals surface area contributed by atoms with E-state index in [1.54, 1.807) is 6.07 Å². The summed E-state index contributed by atoms with van der Waals surface area (Å²) in [4.78, 5) is 30.1. The first-order valence-corrected chi connectivity index (χ1v) is 13.2. The van der Waals surface area contributed by atoms with Gasteiger partial charge in [0.25, 0.3) is 11.8 Å². The van der Waals surface area contributed by atoms with Gasteiger partial charge in [-0.25, -0.2) is 0 Å². The minimum absolute atomic E-state index is 0.00309. The standard InChI is InChI=1S/C27H34IN3O2/c1-19(2)25-9-3-4-13-30(25)14-6-12-29-26(32)21-10-11-22-18-31(27(33)24(22)16-21)17-20-7-5-8-23(28)15-20/h5,7-8,10-11,15-16,19,25H,3-4,6,9,12-14,17-18H2,1-2H3,(H,29,32). The molecule has 176 valence electrons. The third-order valence-electron chi connectivity index (χ3n) is 6.85. The van der Waals surface area contributed by atoms with Gasteiger partial charge in [-0.1, -0.05) is 38.5 Å². The second kappa shape index (κ2) is 11.0. The van der Waals surface area contributed by atoms with Crippen LogP contribution >= 0.6 is 22.6 Å². The molecule has 6 heteroatoms.